The molecule has 0 unspecified atom stereocenters. The molecule has 6 nitrogen and oxygen atoms in total. The Morgan fingerprint density at radius 2 is 1.88 bits per heavy atom. The van der Waals surface area contributed by atoms with E-state index < -0.39 is 5.97 Å². The number of hydrogen-bond acceptors (Lipinski definition) is 4. The number of amides is 2. The van der Waals surface area contributed by atoms with Crippen LogP contribution in [0.5, 0.6) is 0 Å². The van der Waals surface area contributed by atoms with Crippen LogP contribution in [0.1, 0.15) is 23.2 Å². The third-order valence-electron chi connectivity index (χ3n) is 2.28. The van der Waals surface area contributed by atoms with Gasteiger partial charge in [0.15, 0.2) is 0 Å². The zero-order valence-corrected chi connectivity index (χ0v) is 8.21. The Labute approximate surface area is 90.5 Å². The minimum atomic E-state index is -1.14. The first-order valence-corrected chi connectivity index (χ1v) is 4.64. The van der Waals surface area contributed by atoms with Crippen LogP contribution in [-0.4, -0.2) is 27.9 Å². The molecule has 0 bridgehead atoms. The second-order valence-electron chi connectivity index (χ2n) is 3.36. The van der Waals surface area contributed by atoms with Gasteiger partial charge in [-0.05, 0) is 6.07 Å². The molecule has 16 heavy (non-hydrogen) atoms. The Morgan fingerprint density at radius 1 is 1.25 bits per heavy atom. The lowest BCUT2D eigenvalue weighted by Crippen LogP contribution is -2.28. The molecule has 2 rings (SSSR count). The lowest BCUT2D eigenvalue weighted by molar-refractivity contribution is -0.121. The predicted molar refractivity (Wildman–Crippen MR) is 52.9 cm³/mol. The van der Waals surface area contributed by atoms with Gasteiger partial charge >= 0.3 is 5.97 Å². The molecule has 1 aliphatic rings. The van der Waals surface area contributed by atoms with Crippen molar-refractivity contribution in [3.8, 4) is 0 Å². The van der Waals surface area contributed by atoms with Crippen molar-refractivity contribution in [1.29, 1.82) is 0 Å². The van der Waals surface area contributed by atoms with Gasteiger partial charge < -0.3 is 5.11 Å². The molecule has 82 valence electrons. The maximum atomic E-state index is 11.4. The van der Waals surface area contributed by atoms with Gasteiger partial charge in [0, 0.05) is 19.0 Å². The topological polar surface area (TPSA) is 87.6 Å². The summed E-state index contributed by atoms with van der Waals surface area (Å²) in [6, 6.07) is 1.26. The summed E-state index contributed by atoms with van der Waals surface area (Å²) in [6.45, 7) is 0. The Hall–Kier alpha value is -2.24. The molecule has 1 aliphatic heterocycles. The Morgan fingerprint density at radius 3 is 2.44 bits per heavy atom. The van der Waals surface area contributed by atoms with E-state index in [9.17, 15) is 14.4 Å². The van der Waals surface area contributed by atoms with Crippen molar-refractivity contribution in [1.82, 2.24) is 4.98 Å². The van der Waals surface area contributed by atoms with Crippen LogP contribution in [0.2, 0.25) is 0 Å². The number of hydrogen-bond donors (Lipinski definition) is 1. The van der Waals surface area contributed by atoms with Crippen molar-refractivity contribution in [2.75, 3.05) is 4.90 Å². The van der Waals surface area contributed by atoms with Crippen molar-refractivity contribution < 1.29 is 19.5 Å². The van der Waals surface area contributed by atoms with Crippen molar-refractivity contribution in [2.24, 2.45) is 0 Å². The molecule has 2 amide bonds. The van der Waals surface area contributed by atoms with Gasteiger partial charge in [-0.15, -0.1) is 0 Å². The number of carboxylic acids is 1. The SMILES string of the molecule is O=C(O)c1cncc(N2C(=O)CCC2=O)c1. The number of aromatic carboxylic acids is 1. The number of imide groups is 1. The summed E-state index contributed by atoms with van der Waals surface area (Å²) in [4.78, 5) is 38.2. The summed E-state index contributed by atoms with van der Waals surface area (Å²) in [5.41, 5.74) is 0.164. The molecule has 0 aromatic carbocycles. The number of anilines is 1. The smallest absolute Gasteiger partial charge is 0.337 e. The fourth-order valence-electron chi connectivity index (χ4n) is 1.53. The van der Waals surface area contributed by atoms with Crippen LogP contribution in [0.15, 0.2) is 18.5 Å². The van der Waals surface area contributed by atoms with Gasteiger partial charge in [-0.1, -0.05) is 0 Å². The Bertz CT molecular complexity index is 467. The number of rotatable bonds is 2. The van der Waals surface area contributed by atoms with Crippen molar-refractivity contribution in [3.63, 3.8) is 0 Å². The van der Waals surface area contributed by atoms with E-state index in [1.165, 1.54) is 12.3 Å². The molecule has 1 aromatic heterocycles. The number of carbonyl (C=O) groups excluding carboxylic acids is 2. The molecule has 1 N–H and O–H groups in total. The maximum Gasteiger partial charge on any atom is 0.337 e. The zero-order valence-electron chi connectivity index (χ0n) is 8.21. The average Bonchev–Trinajstić information content (AvgIpc) is 2.59. The molecule has 0 aliphatic carbocycles. The molecule has 1 aromatic rings. The van der Waals surface area contributed by atoms with Crippen molar-refractivity contribution in [3.05, 3.63) is 24.0 Å². The molecule has 6 heteroatoms. The van der Waals surface area contributed by atoms with E-state index in [2.05, 4.69) is 4.98 Å². The van der Waals surface area contributed by atoms with Crippen LogP contribution in [0, 0.1) is 0 Å². The van der Waals surface area contributed by atoms with E-state index in [-0.39, 0.29) is 35.9 Å². The quantitative estimate of drug-likeness (QED) is 0.730. The lowest BCUT2D eigenvalue weighted by Gasteiger charge is -2.13. The Kier molecular flexibility index (Phi) is 2.40. The van der Waals surface area contributed by atoms with Crippen LogP contribution in [0.4, 0.5) is 5.69 Å². The van der Waals surface area contributed by atoms with Gasteiger partial charge in [0.25, 0.3) is 0 Å². The van der Waals surface area contributed by atoms with Gasteiger partial charge in [-0.25, -0.2) is 9.69 Å². The molecule has 1 fully saturated rings. The lowest BCUT2D eigenvalue weighted by atomic mass is 10.2. The highest BCUT2D eigenvalue weighted by molar-refractivity contribution is 6.19. The first-order chi connectivity index (χ1) is 7.59. The van der Waals surface area contributed by atoms with Gasteiger partial charge in [0.05, 0.1) is 17.4 Å². The van der Waals surface area contributed by atoms with Gasteiger partial charge in [0.1, 0.15) is 0 Å². The zero-order chi connectivity index (χ0) is 11.7. The number of carboxylic acid groups (broad SMARTS) is 1. The molecule has 2 heterocycles. The molecule has 0 atom stereocenters. The first kappa shape index (κ1) is 10.3. The minimum Gasteiger partial charge on any atom is -0.478 e. The van der Waals surface area contributed by atoms with E-state index in [1.54, 1.807) is 0 Å². The van der Waals surface area contributed by atoms with E-state index >= 15 is 0 Å². The monoisotopic (exact) mass is 220 g/mol. The average molecular weight is 220 g/mol. The standard InChI is InChI=1S/C10H8N2O4/c13-8-1-2-9(14)12(8)7-3-6(10(15)16)4-11-5-7/h3-5H,1-2H2,(H,15,16). The number of nitrogens with zero attached hydrogens (tertiary/aromatic N) is 2. The highest BCUT2D eigenvalue weighted by atomic mass is 16.4. The van der Waals surface area contributed by atoms with E-state index in [0.29, 0.717) is 0 Å². The predicted octanol–water partition coefficient (Wildman–Crippen LogP) is 0.433. The second kappa shape index (κ2) is 3.73. The van der Waals surface area contributed by atoms with Crippen LogP contribution >= 0.6 is 0 Å². The van der Waals surface area contributed by atoms with Gasteiger partial charge in [-0.3, -0.25) is 14.6 Å². The van der Waals surface area contributed by atoms with Gasteiger partial charge in [-0.2, -0.15) is 0 Å². The normalized spacial score (nSPS) is 15.6. The molecular weight excluding hydrogens is 212 g/mol. The molecule has 0 spiro atoms. The summed E-state index contributed by atoms with van der Waals surface area (Å²) < 4.78 is 0. The molecule has 0 radical (unpaired) electrons. The van der Waals surface area contributed by atoms with Gasteiger partial charge in [0.2, 0.25) is 11.8 Å². The summed E-state index contributed by atoms with van der Waals surface area (Å²) in [6.07, 6.45) is 2.79. The van der Waals surface area contributed by atoms with Crippen molar-refractivity contribution >= 4 is 23.5 Å². The highest BCUT2D eigenvalue weighted by Crippen LogP contribution is 2.22. The number of pyridine rings is 1. The van der Waals surface area contributed by atoms with E-state index in [4.69, 9.17) is 5.11 Å². The van der Waals surface area contributed by atoms with Crippen LogP contribution < -0.4 is 4.90 Å². The molecule has 1 saturated heterocycles. The largest absolute Gasteiger partial charge is 0.478 e. The van der Waals surface area contributed by atoms with Crippen molar-refractivity contribution in [2.45, 2.75) is 12.8 Å². The summed E-state index contributed by atoms with van der Waals surface area (Å²) in [5, 5.41) is 8.76. The maximum absolute atomic E-state index is 11.4. The summed E-state index contributed by atoms with van der Waals surface area (Å²) in [7, 11) is 0. The molecule has 0 saturated carbocycles. The summed E-state index contributed by atoms with van der Waals surface area (Å²) in [5.74, 6) is -1.79. The number of carbonyl (C=O) groups is 3. The highest BCUT2D eigenvalue weighted by Gasteiger charge is 2.30. The van der Waals surface area contributed by atoms with Crippen LogP contribution in [0.25, 0.3) is 0 Å². The fourth-order valence-corrected chi connectivity index (χ4v) is 1.53. The first-order valence-electron chi connectivity index (χ1n) is 4.64. The van der Waals surface area contributed by atoms with E-state index in [0.717, 1.165) is 11.1 Å². The summed E-state index contributed by atoms with van der Waals surface area (Å²) >= 11 is 0. The van der Waals surface area contributed by atoms with E-state index in [1.807, 2.05) is 0 Å². The Balaban J connectivity index is 2.40. The third kappa shape index (κ3) is 1.65. The van der Waals surface area contributed by atoms with Crippen LogP contribution in [-0.2, 0) is 9.59 Å². The minimum absolute atomic E-state index is 0.0509. The number of aromatic nitrogens is 1. The molecular formula is C10H8N2O4. The van der Waals surface area contributed by atoms with Crippen LogP contribution in [0.3, 0.4) is 0 Å². The fraction of sp³-hybridized carbons (Fsp3) is 0.200. The third-order valence-corrected chi connectivity index (χ3v) is 2.28. The second-order valence-corrected chi connectivity index (χ2v) is 3.36.